The molecule has 2 N–H and O–H groups in total. The van der Waals surface area contributed by atoms with Crippen molar-refractivity contribution in [3.05, 3.63) is 48.1 Å². The molecule has 0 saturated heterocycles. The van der Waals surface area contributed by atoms with Gasteiger partial charge in [0.15, 0.2) is 5.76 Å². The Bertz CT molecular complexity index is 703. The Hall–Kier alpha value is -2.63. The summed E-state index contributed by atoms with van der Waals surface area (Å²) in [5.74, 6) is -0.212. The Labute approximate surface area is 101 Å². The van der Waals surface area contributed by atoms with Crippen LogP contribution in [-0.2, 0) is 0 Å². The second-order valence-electron chi connectivity index (χ2n) is 3.72. The molecule has 18 heavy (non-hydrogen) atoms. The highest BCUT2D eigenvalue weighted by atomic mass is 19.1. The van der Waals surface area contributed by atoms with Gasteiger partial charge in [0, 0.05) is 11.5 Å². The van der Waals surface area contributed by atoms with E-state index in [0.717, 1.165) is 0 Å². The number of fused-ring (bicyclic) bond motifs is 1. The summed E-state index contributed by atoms with van der Waals surface area (Å²) >= 11 is 0. The molecule has 0 fully saturated rings. The topological polar surface area (TPSA) is 70.9 Å². The largest absolute Gasteiger partial charge is 0.451 e. The van der Waals surface area contributed by atoms with Crippen LogP contribution in [0.5, 0.6) is 0 Å². The molecule has 0 radical (unpaired) electrons. The third-order valence-corrected chi connectivity index (χ3v) is 2.45. The Kier molecular flexibility index (Phi) is 2.33. The third kappa shape index (κ3) is 1.84. The number of carbonyl (C=O) groups excluding carboxylic acids is 1. The summed E-state index contributed by atoms with van der Waals surface area (Å²) in [4.78, 5) is 11.8. The summed E-state index contributed by atoms with van der Waals surface area (Å²) in [6.07, 6.45) is 1.52. The van der Waals surface area contributed by atoms with Crippen molar-refractivity contribution in [2.24, 2.45) is 0 Å². The highest BCUT2D eigenvalue weighted by Crippen LogP contribution is 2.20. The smallest absolute Gasteiger partial charge is 0.292 e. The minimum absolute atomic E-state index is 0.116. The maximum Gasteiger partial charge on any atom is 0.292 e. The first-order valence-corrected chi connectivity index (χ1v) is 5.22. The van der Waals surface area contributed by atoms with E-state index in [4.69, 9.17) is 4.42 Å². The molecule has 1 aromatic carbocycles. The molecule has 2 aromatic heterocycles. The predicted octanol–water partition coefficient (Wildman–Crippen LogP) is 2.55. The molecule has 5 nitrogen and oxygen atoms in total. The maximum atomic E-state index is 13.0. The number of aromatic nitrogens is 2. The fourth-order valence-electron chi connectivity index (χ4n) is 1.64. The van der Waals surface area contributed by atoms with Crippen LogP contribution in [0.2, 0.25) is 0 Å². The van der Waals surface area contributed by atoms with Crippen LogP contribution in [-0.4, -0.2) is 16.1 Å². The molecule has 2 heterocycles. The molecule has 0 aliphatic heterocycles. The van der Waals surface area contributed by atoms with E-state index in [0.29, 0.717) is 16.8 Å². The lowest BCUT2D eigenvalue weighted by Crippen LogP contribution is -2.10. The van der Waals surface area contributed by atoms with Gasteiger partial charge in [0.05, 0.1) is 6.20 Å². The SMILES string of the molecule is O=C(Nc1ccn[nH]1)c1cc2cc(F)ccc2o1. The molecule has 90 valence electrons. The number of rotatable bonds is 2. The molecule has 3 rings (SSSR count). The second-order valence-corrected chi connectivity index (χ2v) is 3.72. The van der Waals surface area contributed by atoms with Crippen molar-refractivity contribution >= 4 is 22.7 Å². The van der Waals surface area contributed by atoms with Gasteiger partial charge in [0.1, 0.15) is 17.2 Å². The molecule has 0 aliphatic rings. The fraction of sp³-hybridized carbons (Fsp3) is 0. The molecule has 0 bridgehead atoms. The van der Waals surface area contributed by atoms with E-state index in [-0.39, 0.29) is 11.6 Å². The Balaban J connectivity index is 1.92. The zero-order valence-electron chi connectivity index (χ0n) is 9.11. The highest BCUT2D eigenvalue weighted by molar-refractivity contribution is 6.04. The lowest BCUT2D eigenvalue weighted by molar-refractivity contribution is 0.0998. The third-order valence-electron chi connectivity index (χ3n) is 2.45. The number of furan rings is 1. The van der Waals surface area contributed by atoms with E-state index < -0.39 is 5.91 Å². The second kappa shape index (κ2) is 3.99. The van der Waals surface area contributed by atoms with Crippen molar-refractivity contribution in [1.82, 2.24) is 10.2 Å². The molecule has 3 aromatic rings. The molecule has 0 unspecified atom stereocenters. The number of aromatic amines is 1. The number of nitrogens with one attached hydrogen (secondary N) is 2. The Morgan fingerprint density at radius 2 is 2.22 bits per heavy atom. The van der Waals surface area contributed by atoms with E-state index in [1.165, 1.54) is 30.5 Å². The summed E-state index contributed by atoms with van der Waals surface area (Å²) in [6.45, 7) is 0. The number of anilines is 1. The number of amides is 1. The first kappa shape index (κ1) is 10.5. The van der Waals surface area contributed by atoms with E-state index >= 15 is 0 Å². The molecule has 6 heteroatoms. The molecular weight excluding hydrogens is 237 g/mol. The van der Waals surface area contributed by atoms with E-state index in [2.05, 4.69) is 15.5 Å². The quantitative estimate of drug-likeness (QED) is 0.728. The van der Waals surface area contributed by atoms with Gasteiger partial charge in [-0.15, -0.1) is 0 Å². The van der Waals surface area contributed by atoms with E-state index in [1.54, 1.807) is 6.07 Å². The minimum atomic E-state index is -0.421. The van der Waals surface area contributed by atoms with Crippen LogP contribution in [0.4, 0.5) is 10.2 Å². The van der Waals surface area contributed by atoms with Crippen molar-refractivity contribution in [2.75, 3.05) is 5.32 Å². The van der Waals surface area contributed by atoms with E-state index in [9.17, 15) is 9.18 Å². The standard InChI is InChI=1S/C12H8FN3O2/c13-8-1-2-9-7(5-8)6-10(18-9)12(17)15-11-3-4-14-16-11/h1-6H,(H2,14,15,16,17). The number of hydrogen-bond donors (Lipinski definition) is 2. The van der Waals surface area contributed by atoms with Gasteiger partial charge in [-0.25, -0.2) is 4.39 Å². The van der Waals surface area contributed by atoms with E-state index in [1.807, 2.05) is 0 Å². The van der Waals surface area contributed by atoms with Crippen LogP contribution >= 0.6 is 0 Å². The number of hydrogen-bond acceptors (Lipinski definition) is 3. The Morgan fingerprint density at radius 1 is 1.33 bits per heavy atom. The lowest BCUT2D eigenvalue weighted by atomic mass is 10.2. The van der Waals surface area contributed by atoms with Gasteiger partial charge in [-0.05, 0) is 24.3 Å². The van der Waals surface area contributed by atoms with Crippen LogP contribution < -0.4 is 5.32 Å². The molecule has 0 atom stereocenters. The van der Waals surface area contributed by atoms with Crippen molar-refractivity contribution in [3.63, 3.8) is 0 Å². The molecule has 1 amide bonds. The van der Waals surface area contributed by atoms with Gasteiger partial charge >= 0.3 is 0 Å². The highest BCUT2D eigenvalue weighted by Gasteiger charge is 2.13. The van der Waals surface area contributed by atoms with Gasteiger partial charge in [0.25, 0.3) is 5.91 Å². The van der Waals surface area contributed by atoms with Gasteiger partial charge in [-0.2, -0.15) is 5.10 Å². The van der Waals surface area contributed by atoms with Crippen molar-refractivity contribution in [3.8, 4) is 0 Å². The van der Waals surface area contributed by atoms with Crippen LogP contribution in [0.3, 0.4) is 0 Å². The van der Waals surface area contributed by atoms with Gasteiger partial charge in [-0.1, -0.05) is 0 Å². The normalized spacial score (nSPS) is 10.7. The van der Waals surface area contributed by atoms with Crippen LogP contribution in [0.25, 0.3) is 11.0 Å². The first-order chi connectivity index (χ1) is 8.72. The van der Waals surface area contributed by atoms with Crippen LogP contribution in [0, 0.1) is 5.82 Å². The van der Waals surface area contributed by atoms with Gasteiger partial charge in [0.2, 0.25) is 0 Å². The monoisotopic (exact) mass is 245 g/mol. The summed E-state index contributed by atoms with van der Waals surface area (Å²) in [5.41, 5.74) is 0.464. The van der Waals surface area contributed by atoms with Gasteiger partial charge < -0.3 is 9.73 Å². The van der Waals surface area contributed by atoms with Crippen molar-refractivity contribution in [2.45, 2.75) is 0 Å². The maximum absolute atomic E-state index is 13.0. The average molecular weight is 245 g/mol. The summed E-state index contributed by atoms with van der Waals surface area (Å²) < 4.78 is 18.3. The summed E-state index contributed by atoms with van der Waals surface area (Å²) in [7, 11) is 0. The number of benzene rings is 1. The fourth-order valence-corrected chi connectivity index (χ4v) is 1.64. The predicted molar refractivity (Wildman–Crippen MR) is 62.7 cm³/mol. The minimum Gasteiger partial charge on any atom is -0.451 e. The average Bonchev–Trinajstić information content (AvgIpc) is 2.96. The number of halogens is 1. The summed E-state index contributed by atoms with van der Waals surface area (Å²) in [6, 6.07) is 7.18. The number of H-pyrrole nitrogens is 1. The Morgan fingerprint density at radius 3 is 3.00 bits per heavy atom. The summed E-state index contributed by atoms with van der Waals surface area (Å²) in [5, 5.41) is 9.42. The van der Waals surface area contributed by atoms with Crippen LogP contribution in [0.1, 0.15) is 10.6 Å². The molecule has 0 spiro atoms. The lowest BCUT2D eigenvalue weighted by Gasteiger charge is -1.97. The first-order valence-electron chi connectivity index (χ1n) is 5.22. The number of carbonyl (C=O) groups is 1. The zero-order valence-corrected chi connectivity index (χ0v) is 9.11. The van der Waals surface area contributed by atoms with Crippen molar-refractivity contribution < 1.29 is 13.6 Å². The molecule has 0 saturated carbocycles. The number of nitrogens with zero attached hydrogens (tertiary/aromatic N) is 1. The zero-order chi connectivity index (χ0) is 12.5. The molecule has 0 aliphatic carbocycles. The van der Waals surface area contributed by atoms with Crippen LogP contribution in [0.15, 0.2) is 40.9 Å². The van der Waals surface area contributed by atoms with Gasteiger partial charge in [-0.3, -0.25) is 9.89 Å². The van der Waals surface area contributed by atoms with Crippen molar-refractivity contribution in [1.29, 1.82) is 0 Å². The molecular formula is C12H8FN3O2.